The molecule has 4 aromatic rings. The zero-order valence-electron chi connectivity index (χ0n) is 16.4. The lowest BCUT2D eigenvalue weighted by molar-refractivity contribution is 0.0533. The Balaban J connectivity index is 1.68. The van der Waals surface area contributed by atoms with Crippen LogP contribution in [-0.2, 0) is 4.74 Å². The van der Waals surface area contributed by atoms with Gasteiger partial charge in [0.2, 0.25) is 0 Å². The van der Waals surface area contributed by atoms with Crippen LogP contribution in [0, 0.1) is 0 Å². The molecule has 30 heavy (non-hydrogen) atoms. The fourth-order valence-electron chi connectivity index (χ4n) is 3.07. The fraction of sp³-hybridized carbons (Fsp3) is 0.130. The zero-order chi connectivity index (χ0) is 21.1. The topological polar surface area (TPSA) is 77.8 Å². The molecule has 2 aromatic carbocycles. The van der Waals surface area contributed by atoms with E-state index in [1.54, 1.807) is 32.2 Å². The summed E-state index contributed by atoms with van der Waals surface area (Å²) >= 11 is 1.27. The molecular formula is C23H19NO5S. The minimum Gasteiger partial charge on any atom is -0.493 e. The summed E-state index contributed by atoms with van der Waals surface area (Å²) in [7, 11) is 1.54. The molecule has 0 radical (unpaired) electrons. The van der Waals surface area contributed by atoms with Crippen molar-refractivity contribution >= 4 is 39.9 Å². The van der Waals surface area contributed by atoms with E-state index < -0.39 is 11.9 Å². The Hall–Kier alpha value is -3.58. The van der Waals surface area contributed by atoms with E-state index in [0.29, 0.717) is 21.9 Å². The molecule has 0 spiro atoms. The van der Waals surface area contributed by atoms with Gasteiger partial charge in [-0.2, -0.15) is 0 Å². The van der Waals surface area contributed by atoms with Crippen LogP contribution in [0.2, 0.25) is 0 Å². The first-order chi connectivity index (χ1) is 14.6. The Kier molecular flexibility index (Phi) is 5.54. The summed E-state index contributed by atoms with van der Waals surface area (Å²) in [6.07, 6.45) is 0. The van der Waals surface area contributed by atoms with E-state index in [4.69, 9.17) is 13.9 Å². The van der Waals surface area contributed by atoms with E-state index in [2.05, 4.69) is 5.32 Å². The second kappa shape index (κ2) is 8.42. The van der Waals surface area contributed by atoms with Crippen LogP contribution in [-0.4, -0.2) is 25.6 Å². The van der Waals surface area contributed by atoms with E-state index >= 15 is 0 Å². The van der Waals surface area contributed by atoms with Crippen molar-refractivity contribution in [2.75, 3.05) is 19.0 Å². The Morgan fingerprint density at radius 3 is 2.60 bits per heavy atom. The smallest absolute Gasteiger partial charge is 0.350 e. The Bertz CT molecular complexity index is 1210. The SMILES string of the molecule is CCOC(=O)c1sc(-c2ccccc2)cc1NC(=O)c1cc2cccc(OC)c2o1. The predicted molar refractivity (Wildman–Crippen MR) is 116 cm³/mol. The zero-order valence-corrected chi connectivity index (χ0v) is 17.2. The number of thiophene rings is 1. The third kappa shape index (κ3) is 3.79. The van der Waals surface area contributed by atoms with Gasteiger partial charge in [0, 0.05) is 10.3 Å². The average Bonchev–Trinajstić information content (AvgIpc) is 3.39. The molecule has 0 aliphatic rings. The van der Waals surface area contributed by atoms with Crippen LogP contribution >= 0.6 is 11.3 Å². The van der Waals surface area contributed by atoms with Gasteiger partial charge in [0.15, 0.2) is 17.1 Å². The highest BCUT2D eigenvalue weighted by Crippen LogP contribution is 2.36. The third-order valence-corrected chi connectivity index (χ3v) is 5.62. The van der Waals surface area contributed by atoms with Gasteiger partial charge in [-0.1, -0.05) is 42.5 Å². The lowest BCUT2D eigenvalue weighted by Crippen LogP contribution is -2.13. The number of hydrogen-bond donors (Lipinski definition) is 1. The average molecular weight is 421 g/mol. The maximum atomic E-state index is 12.9. The van der Waals surface area contributed by atoms with Gasteiger partial charge in [-0.25, -0.2) is 4.79 Å². The van der Waals surface area contributed by atoms with E-state index in [1.165, 1.54) is 11.3 Å². The van der Waals surface area contributed by atoms with Crippen LogP contribution in [0.5, 0.6) is 5.75 Å². The van der Waals surface area contributed by atoms with E-state index in [9.17, 15) is 9.59 Å². The number of methoxy groups -OCH3 is 1. The first kappa shape index (κ1) is 19.7. The summed E-state index contributed by atoms with van der Waals surface area (Å²) in [5.41, 5.74) is 1.82. The highest BCUT2D eigenvalue weighted by atomic mass is 32.1. The minimum atomic E-state index is -0.480. The number of furan rings is 1. The molecule has 2 aromatic heterocycles. The van der Waals surface area contributed by atoms with Crippen molar-refractivity contribution < 1.29 is 23.5 Å². The van der Waals surface area contributed by atoms with Gasteiger partial charge in [-0.3, -0.25) is 4.79 Å². The quantitative estimate of drug-likeness (QED) is 0.410. The second-order valence-corrected chi connectivity index (χ2v) is 7.44. The lowest BCUT2D eigenvalue weighted by Gasteiger charge is -2.04. The van der Waals surface area contributed by atoms with Crippen molar-refractivity contribution in [3.8, 4) is 16.2 Å². The van der Waals surface area contributed by atoms with Gasteiger partial charge in [0.1, 0.15) is 4.88 Å². The number of benzene rings is 2. The van der Waals surface area contributed by atoms with Crippen LogP contribution in [0.15, 0.2) is 65.1 Å². The molecule has 0 saturated carbocycles. The van der Waals surface area contributed by atoms with E-state index in [0.717, 1.165) is 15.8 Å². The molecule has 0 atom stereocenters. The number of anilines is 1. The molecule has 4 rings (SSSR count). The van der Waals surface area contributed by atoms with Crippen LogP contribution in [0.25, 0.3) is 21.4 Å². The van der Waals surface area contributed by atoms with Crippen molar-refractivity contribution in [1.29, 1.82) is 0 Å². The summed E-state index contributed by atoms with van der Waals surface area (Å²) in [6, 6.07) is 18.5. The summed E-state index contributed by atoms with van der Waals surface area (Å²) in [5, 5.41) is 3.54. The fourth-order valence-corrected chi connectivity index (χ4v) is 4.08. The Morgan fingerprint density at radius 1 is 1.07 bits per heavy atom. The largest absolute Gasteiger partial charge is 0.493 e. The highest BCUT2D eigenvalue weighted by molar-refractivity contribution is 7.18. The maximum absolute atomic E-state index is 12.9. The number of carbonyl (C=O) groups excluding carboxylic acids is 2. The summed E-state index contributed by atoms with van der Waals surface area (Å²) < 4.78 is 16.2. The first-order valence-electron chi connectivity index (χ1n) is 9.35. The number of amides is 1. The Labute approximate surface area is 177 Å². The number of hydrogen-bond acceptors (Lipinski definition) is 6. The first-order valence-corrected chi connectivity index (χ1v) is 10.2. The molecule has 0 aliphatic carbocycles. The molecule has 2 heterocycles. The van der Waals surface area contributed by atoms with Crippen molar-refractivity contribution in [3.05, 3.63) is 71.3 Å². The van der Waals surface area contributed by atoms with Crippen molar-refractivity contribution in [3.63, 3.8) is 0 Å². The highest BCUT2D eigenvalue weighted by Gasteiger charge is 2.22. The molecule has 6 nitrogen and oxygen atoms in total. The van der Waals surface area contributed by atoms with Gasteiger partial charge in [0.25, 0.3) is 5.91 Å². The number of carbonyl (C=O) groups is 2. The number of esters is 1. The molecule has 0 saturated heterocycles. The number of rotatable bonds is 6. The molecule has 1 N–H and O–H groups in total. The van der Waals surface area contributed by atoms with Gasteiger partial charge < -0.3 is 19.2 Å². The van der Waals surface area contributed by atoms with Crippen molar-refractivity contribution in [2.45, 2.75) is 6.92 Å². The number of fused-ring (bicyclic) bond motifs is 1. The van der Waals surface area contributed by atoms with Gasteiger partial charge in [0.05, 0.1) is 19.4 Å². The number of nitrogens with one attached hydrogen (secondary N) is 1. The number of ether oxygens (including phenoxy) is 2. The van der Waals surface area contributed by atoms with E-state index in [-0.39, 0.29) is 12.4 Å². The maximum Gasteiger partial charge on any atom is 0.350 e. The second-order valence-electron chi connectivity index (χ2n) is 6.38. The number of para-hydroxylation sites is 1. The van der Waals surface area contributed by atoms with E-state index in [1.807, 2.05) is 42.5 Å². The van der Waals surface area contributed by atoms with Crippen LogP contribution in [0.4, 0.5) is 5.69 Å². The monoisotopic (exact) mass is 421 g/mol. The molecule has 0 aliphatic heterocycles. The normalized spacial score (nSPS) is 10.7. The van der Waals surface area contributed by atoms with Gasteiger partial charge >= 0.3 is 5.97 Å². The van der Waals surface area contributed by atoms with Crippen molar-refractivity contribution in [1.82, 2.24) is 0 Å². The molecule has 0 bridgehead atoms. The molecule has 152 valence electrons. The lowest BCUT2D eigenvalue weighted by atomic mass is 10.2. The summed E-state index contributed by atoms with van der Waals surface area (Å²) in [6.45, 7) is 1.98. The van der Waals surface area contributed by atoms with Crippen LogP contribution < -0.4 is 10.1 Å². The molecule has 7 heteroatoms. The molecule has 1 amide bonds. The van der Waals surface area contributed by atoms with Gasteiger partial charge in [-0.15, -0.1) is 11.3 Å². The summed E-state index contributed by atoms with van der Waals surface area (Å²) in [4.78, 5) is 26.5. The molecule has 0 unspecified atom stereocenters. The Morgan fingerprint density at radius 2 is 1.87 bits per heavy atom. The van der Waals surface area contributed by atoms with Crippen LogP contribution in [0.3, 0.4) is 0 Å². The standard InChI is InChI=1S/C23H19NO5S/c1-3-28-23(26)21-16(13-19(30-21)14-8-5-4-6-9-14)24-22(25)18-12-15-10-7-11-17(27-2)20(15)29-18/h4-13H,3H2,1-2H3,(H,24,25). The minimum absolute atomic E-state index is 0.122. The molecule has 0 fully saturated rings. The van der Waals surface area contributed by atoms with Gasteiger partial charge in [-0.05, 0) is 30.7 Å². The molecular weight excluding hydrogens is 402 g/mol. The predicted octanol–water partition coefficient (Wildman–Crippen LogP) is 5.60. The summed E-state index contributed by atoms with van der Waals surface area (Å²) in [5.74, 6) is -0.278. The van der Waals surface area contributed by atoms with Crippen LogP contribution in [0.1, 0.15) is 27.2 Å². The third-order valence-electron chi connectivity index (χ3n) is 4.45. The van der Waals surface area contributed by atoms with Crippen molar-refractivity contribution in [2.24, 2.45) is 0 Å².